The first-order valence-corrected chi connectivity index (χ1v) is 18.7. The number of nitrogens with zero attached hydrogens (tertiary/aromatic N) is 1. The summed E-state index contributed by atoms with van der Waals surface area (Å²) >= 11 is 0. The van der Waals surface area contributed by atoms with Gasteiger partial charge in [-0.05, 0) is 75.7 Å². The number of hydrogen-bond acceptors (Lipinski definition) is 3. The third-order valence-electron chi connectivity index (χ3n) is 10.9. The van der Waals surface area contributed by atoms with Gasteiger partial charge in [-0.15, -0.1) is 0 Å². The van der Waals surface area contributed by atoms with Gasteiger partial charge in [0.25, 0.3) is 0 Å². The molecule has 2 heterocycles. The molecule has 0 aliphatic rings. The summed E-state index contributed by atoms with van der Waals surface area (Å²) in [5, 5.41) is 6.70. The summed E-state index contributed by atoms with van der Waals surface area (Å²) < 4.78 is 13.5. The van der Waals surface area contributed by atoms with Crippen molar-refractivity contribution in [1.82, 2.24) is 0 Å². The van der Waals surface area contributed by atoms with E-state index in [1.165, 1.54) is 11.1 Å². The second kappa shape index (κ2) is 12.6. The number of hydrogen-bond donors (Lipinski definition) is 0. The number of para-hydroxylation sites is 2. The lowest BCUT2D eigenvalue weighted by Gasteiger charge is -2.26. The zero-order chi connectivity index (χ0) is 36.3. The van der Waals surface area contributed by atoms with E-state index in [1.807, 2.05) is 12.1 Å². The van der Waals surface area contributed by atoms with Crippen LogP contribution in [-0.4, -0.2) is 0 Å². The predicted molar refractivity (Wildman–Crippen MR) is 229 cm³/mol. The standard InChI is InChI=1S/C52H33NO2/c1-3-12-34(13-4-1)35-22-27-39(28-23-35)53(40-29-24-38(25-30-40)43-19-11-20-45-44-18-9-10-21-48(44)54-50(43)45)47-33-32-41(36-14-5-2-6-15-36)49-46-31-26-37-16-7-8-17-42(37)51(46)55-52(47)49/h1-33H. The van der Waals surface area contributed by atoms with E-state index in [4.69, 9.17) is 8.83 Å². The first-order chi connectivity index (χ1) is 27.3. The quantitative estimate of drug-likeness (QED) is 0.173. The Morgan fingerprint density at radius 3 is 1.67 bits per heavy atom. The van der Waals surface area contributed by atoms with Crippen LogP contribution in [0.3, 0.4) is 0 Å². The number of benzene rings is 9. The van der Waals surface area contributed by atoms with Gasteiger partial charge in [-0.25, -0.2) is 0 Å². The van der Waals surface area contributed by atoms with Gasteiger partial charge in [0.05, 0.1) is 5.69 Å². The first kappa shape index (κ1) is 31.2. The molecule has 0 aliphatic heterocycles. The molecule has 0 amide bonds. The second-order valence-corrected chi connectivity index (χ2v) is 14.0. The van der Waals surface area contributed by atoms with Crippen LogP contribution >= 0.6 is 0 Å². The normalized spacial score (nSPS) is 11.6. The fraction of sp³-hybridized carbons (Fsp3) is 0. The molecule has 3 heteroatoms. The molecular formula is C52H33NO2. The van der Waals surface area contributed by atoms with E-state index in [-0.39, 0.29) is 0 Å². The van der Waals surface area contributed by atoms with E-state index in [2.05, 4.69) is 193 Å². The molecule has 11 aromatic rings. The van der Waals surface area contributed by atoms with Crippen molar-refractivity contribution in [3.63, 3.8) is 0 Å². The topological polar surface area (TPSA) is 29.5 Å². The number of rotatable bonds is 6. The lowest BCUT2D eigenvalue weighted by atomic mass is 9.97. The largest absolute Gasteiger partial charge is 0.455 e. The Morgan fingerprint density at radius 2 is 0.909 bits per heavy atom. The van der Waals surface area contributed by atoms with Gasteiger partial charge in [-0.3, -0.25) is 0 Å². The first-order valence-electron chi connectivity index (χ1n) is 18.7. The van der Waals surface area contributed by atoms with E-state index in [1.54, 1.807) is 0 Å². The van der Waals surface area contributed by atoms with Gasteiger partial charge in [0.15, 0.2) is 5.58 Å². The lowest BCUT2D eigenvalue weighted by Crippen LogP contribution is -2.10. The lowest BCUT2D eigenvalue weighted by molar-refractivity contribution is 0.670. The number of fused-ring (bicyclic) bond motifs is 8. The van der Waals surface area contributed by atoms with E-state index in [0.29, 0.717) is 0 Å². The maximum atomic E-state index is 7.09. The summed E-state index contributed by atoms with van der Waals surface area (Å²) in [6, 6.07) is 70.8. The fourth-order valence-corrected chi connectivity index (χ4v) is 8.25. The van der Waals surface area contributed by atoms with E-state index in [9.17, 15) is 0 Å². The maximum absolute atomic E-state index is 7.09. The minimum Gasteiger partial charge on any atom is -0.455 e. The second-order valence-electron chi connectivity index (χ2n) is 14.0. The Hall–Kier alpha value is -7.36. The zero-order valence-corrected chi connectivity index (χ0v) is 29.8. The Kier molecular flexibility index (Phi) is 7.17. The van der Waals surface area contributed by atoms with Crippen molar-refractivity contribution in [2.24, 2.45) is 0 Å². The third-order valence-corrected chi connectivity index (χ3v) is 10.9. The molecule has 0 fully saturated rings. The van der Waals surface area contributed by atoms with Crippen molar-refractivity contribution in [3.05, 3.63) is 200 Å². The number of anilines is 3. The van der Waals surface area contributed by atoms with Gasteiger partial charge in [0.1, 0.15) is 16.7 Å². The highest BCUT2D eigenvalue weighted by Crippen LogP contribution is 2.47. The average Bonchev–Trinajstić information content (AvgIpc) is 3.85. The molecular weight excluding hydrogens is 671 g/mol. The fourth-order valence-electron chi connectivity index (χ4n) is 8.25. The van der Waals surface area contributed by atoms with Crippen molar-refractivity contribution in [2.45, 2.75) is 0 Å². The smallest absolute Gasteiger partial charge is 0.160 e. The van der Waals surface area contributed by atoms with Gasteiger partial charge < -0.3 is 13.7 Å². The van der Waals surface area contributed by atoms with Crippen LogP contribution in [0, 0.1) is 0 Å². The third kappa shape index (κ3) is 5.13. The Balaban J connectivity index is 1.13. The van der Waals surface area contributed by atoms with Crippen LogP contribution in [-0.2, 0) is 0 Å². The molecule has 9 aromatic carbocycles. The summed E-state index contributed by atoms with van der Waals surface area (Å²) in [4.78, 5) is 2.32. The molecule has 258 valence electrons. The molecule has 0 bridgehead atoms. The summed E-state index contributed by atoms with van der Waals surface area (Å²) in [7, 11) is 0. The van der Waals surface area contributed by atoms with Crippen LogP contribution in [0.2, 0.25) is 0 Å². The van der Waals surface area contributed by atoms with E-state index >= 15 is 0 Å². The van der Waals surface area contributed by atoms with Crippen molar-refractivity contribution >= 4 is 71.7 Å². The molecule has 11 rings (SSSR count). The summed E-state index contributed by atoms with van der Waals surface area (Å²) in [6.45, 7) is 0. The molecule has 0 saturated heterocycles. The predicted octanol–water partition coefficient (Wildman–Crippen LogP) is 15.1. The zero-order valence-electron chi connectivity index (χ0n) is 29.8. The van der Waals surface area contributed by atoms with Crippen molar-refractivity contribution < 1.29 is 8.83 Å². The van der Waals surface area contributed by atoms with E-state index < -0.39 is 0 Å². The summed E-state index contributed by atoms with van der Waals surface area (Å²) in [5.74, 6) is 0. The molecule has 55 heavy (non-hydrogen) atoms. The van der Waals surface area contributed by atoms with Crippen LogP contribution in [0.25, 0.3) is 88.0 Å². The molecule has 2 aromatic heterocycles. The molecule has 0 unspecified atom stereocenters. The monoisotopic (exact) mass is 703 g/mol. The van der Waals surface area contributed by atoms with Gasteiger partial charge in [0.2, 0.25) is 0 Å². The van der Waals surface area contributed by atoms with Crippen LogP contribution in [0.4, 0.5) is 17.1 Å². The minimum absolute atomic E-state index is 0.843. The summed E-state index contributed by atoms with van der Waals surface area (Å²) in [5.41, 5.74) is 13.4. The average molecular weight is 704 g/mol. The van der Waals surface area contributed by atoms with Gasteiger partial charge in [0, 0.05) is 43.9 Å². The van der Waals surface area contributed by atoms with Crippen molar-refractivity contribution in [1.29, 1.82) is 0 Å². The maximum Gasteiger partial charge on any atom is 0.160 e. The molecule has 0 radical (unpaired) electrons. The van der Waals surface area contributed by atoms with Crippen LogP contribution in [0.5, 0.6) is 0 Å². The molecule has 3 nitrogen and oxygen atoms in total. The van der Waals surface area contributed by atoms with Crippen LogP contribution in [0.1, 0.15) is 0 Å². The van der Waals surface area contributed by atoms with Crippen LogP contribution in [0.15, 0.2) is 209 Å². The van der Waals surface area contributed by atoms with E-state index in [0.717, 1.165) is 94.0 Å². The molecule has 0 N–H and O–H groups in total. The van der Waals surface area contributed by atoms with Crippen molar-refractivity contribution in [3.8, 4) is 33.4 Å². The van der Waals surface area contributed by atoms with Crippen molar-refractivity contribution in [2.75, 3.05) is 4.90 Å². The Bertz CT molecular complexity index is 3180. The molecule has 0 atom stereocenters. The highest BCUT2D eigenvalue weighted by Gasteiger charge is 2.23. The summed E-state index contributed by atoms with van der Waals surface area (Å²) in [6.07, 6.45) is 0. The Morgan fingerprint density at radius 1 is 0.309 bits per heavy atom. The highest BCUT2D eigenvalue weighted by atomic mass is 16.3. The van der Waals surface area contributed by atoms with Gasteiger partial charge >= 0.3 is 0 Å². The minimum atomic E-state index is 0.843. The number of furan rings is 2. The van der Waals surface area contributed by atoms with Crippen LogP contribution < -0.4 is 4.90 Å². The highest BCUT2D eigenvalue weighted by molar-refractivity contribution is 6.22. The molecule has 0 spiro atoms. The molecule has 0 saturated carbocycles. The van der Waals surface area contributed by atoms with Gasteiger partial charge in [-0.2, -0.15) is 0 Å². The molecule has 0 aliphatic carbocycles. The SMILES string of the molecule is c1ccc(-c2ccc(N(c3ccc(-c4cccc5c4oc4ccccc45)cc3)c3ccc(-c4ccccc4)c4c3oc3c5ccccc5ccc34)cc2)cc1. The van der Waals surface area contributed by atoms with Gasteiger partial charge in [-0.1, -0.05) is 158 Å². The Labute approximate surface area is 317 Å².